The van der Waals surface area contributed by atoms with Crippen LogP contribution in [0.25, 0.3) is 0 Å². The number of methoxy groups -OCH3 is 1. The summed E-state index contributed by atoms with van der Waals surface area (Å²) in [7, 11) is 1.56. The molecule has 0 aliphatic carbocycles. The zero-order chi connectivity index (χ0) is 13.8. The van der Waals surface area contributed by atoms with Gasteiger partial charge in [-0.1, -0.05) is 0 Å². The second kappa shape index (κ2) is 6.59. The molecule has 106 valence electrons. The van der Waals surface area contributed by atoms with Gasteiger partial charge in [0.05, 0.1) is 17.7 Å². The smallest absolute Gasteiger partial charge is 0.172 e. The van der Waals surface area contributed by atoms with Crippen LogP contribution >= 0.6 is 15.9 Å². The lowest BCUT2D eigenvalue weighted by Gasteiger charge is -2.22. The van der Waals surface area contributed by atoms with Crippen molar-refractivity contribution in [3.63, 3.8) is 0 Å². The Labute approximate surface area is 122 Å². The summed E-state index contributed by atoms with van der Waals surface area (Å²) in [5.41, 5.74) is 1.12. The van der Waals surface area contributed by atoms with Crippen molar-refractivity contribution < 1.29 is 14.6 Å². The number of rotatable bonds is 3. The summed E-state index contributed by atoms with van der Waals surface area (Å²) in [4.78, 5) is 2.37. The van der Waals surface area contributed by atoms with E-state index >= 15 is 0 Å². The van der Waals surface area contributed by atoms with E-state index in [0.717, 1.165) is 38.2 Å². The van der Waals surface area contributed by atoms with E-state index in [0.29, 0.717) is 10.2 Å². The number of phenols is 1. The largest absolute Gasteiger partial charge is 0.503 e. The van der Waals surface area contributed by atoms with Gasteiger partial charge in [-0.15, -0.1) is 0 Å². The van der Waals surface area contributed by atoms with Crippen LogP contribution in [-0.2, 0) is 11.3 Å². The van der Waals surface area contributed by atoms with Crippen LogP contribution in [0.3, 0.4) is 0 Å². The van der Waals surface area contributed by atoms with Crippen molar-refractivity contribution in [1.29, 1.82) is 0 Å². The van der Waals surface area contributed by atoms with E-state index < -0.39 is 0 Å². The van der Waals surface area contributed by atoms with Crippen molar-refractivity contribution >= 4 is 15.9 Å². The number of phenolic OH excluding ortho intramolecular Hbond substituents is 1. The fraction of sp³-hybridized carbons (Fsp3) is 0.571. The Balaban J connectivity index is 2.11. The molecule has 0 spiro atoms. The van der Waals surface area contributed by atoms with Crippen LogP contribution in [0.15, 0.2) is 16.6 Å². The Morgan fingerprint density at radius 2 is 2.32 bits per heavy atom. The molecule has 1 saturated heterocycles. The number of ether oxygens (including phenoxy) is 2. The van der Waals surface area contributed by atoms with E-state index in [2.05, 4.69) is 27.8 Å². The molecule has 1 aliphatic heterocycles. The van der Waals surface area contributed by atoms with E-state index in [1.807, 2.05) is 12.1 Å². The highest BCUT2D eigenvalue weighted by atomic mass is 79.9. The van der Waals surface area contributed by atoms with Crippen LogP contribution < -0.4 is 4.74 Å². The van der Waals surface area contributed by atoms with Crippen LogP contribution in [0.5, 0.6) is 11.5 Å². The van der Waals surface area contributed by atoms with Crippen LogP contribution in [0.1, 0.15) is 18.9 Å². The lowest BCUT2D eigenvalue weighted by atomic mass is 10.1. The maximum absolute atomic E-state index is 9.81. The van der Waals surface area contributed by atoms with Crippen molar-refractivity contribution in [1.82, 2.24) is 4.90 Å². The lowest BCUT2D eigenvalue weighted by Crippen LogP contribution is -2.29. The average molecular weight is 330 g/mol. The van der Waals surface area contributed by atoms with Gasteiger partial charge in [0, 0.05) is 26.2 Å². The number of benzene rings is 1. The Kier molecular flexibility index (Phi) is 5.07. The minimum Gasteiger partial charge on any atom is -0.503 e. The third-order valence-corrected chi connectivity index (χ3v) is 3.86. The van der Waals surface area contributed by atoms with Crippen LogP contribution in [0.2, 0.25) is 0 Å². The molecule has 1 atom stereocenters. The Bertz CT molecular complexity index is 439. The van der Waals surface area contributed by atoms with E-state index in [4.69, 9.17) is 9.47 Å². The van der Waals surface area contributed by atoms with Gasteiger partial charge in [0.25, 0.3) is 0 Å². The fourth-order valence-electron chi connectivity index (χ4n) is 2.36. The molecule has 0 saturated carbocycles. The predicted molar refractivity (Wildman–Crippen MR) is 77.7 cm³/mol. The van der Waals surface area contributed by atoms with Crippen molar-refractivity contribution in [3.05, 3.63) is 22.2 Å². The summed E-state index contributed by atoms with van der Waals surface area (Å²) in [6.07, 6.45) is 1.32. The van der Waals surface area contributed by atoms with E-state index in [9.17, 15) is 5.11 Å². The molecule has 2 rings (SSSR count). The highest BCUT2D eigenvalue weighted by Crippen LogP contribution is 2.35. The van der Waals surface area contributed by atoms with E-state index in [1.165, 1.54) is 0 Å². The van der Waals surface area contributed by atoms with Crippen LogP contribution in [0.4, 0.5) is 0 Å². The van der Waals surface area contributed by atoms with Gasteiger partial charge in [-0.25, -0.2) is 0 Å². The SMILES string of the molecule is COc1cc(CN2CCCOC(C)C2)cc(Br)c1O. The quantitative estimate of drug-likeness (QED) is 0.925. The second-order valence-electron chi connectivity index (χ2n) is 4.90. The fourth-order valence-corrected chi connectivity index (χ4v) is 2.85. The van der Waals surface area contributed by atoms with Gasteiger partial charge >= 0.3 is 0 Å². The average Bonchev–Trinajstić information content (AvgIpc) is 2.58. The van der Waals surface area contributed by atoms with Crippen molar-refractivity contribution in [2.45, 2.75) is 26.0 Å². The number of hydrogen-bond acceptors (Lipinski definition) is 4. The molecule has 0 amide bonds. The summed E-state index contributed by atoms with van der Waals surface area (Å²) >= 11 is 3.36. The van der Waals surface area contributed by atoms with Crippen molar-refractivity contribution in [3.8, 4) is 11.5 Å². The Hall–Kier alpha value is -0.780. The molecule has 1 heterocycles. The van der Waals surface area contributed by atoms with Gasteiger partial charge in [0.15, 0.2) is 11.5 Å². The second-order valence-corrected chi connectivity index (χ2v) is 5.75. The number of aromatic hydroxyl groups is 1. The first kappa shape index (κ1) is 14.6. The standard InChI is InChI=1S/C14H20BrNO3/c1-10-8-16(4-3-5-19-10)9-11-6-12(15)14(17)13(7-11)18-2/h6-7,10,17H,3-5,8-9H2,1-2H3. The minimum atomic E-state index is 0.152. The molecule has 5 heteroatoms. The molecule has 4 nitrogen and oxygen atoms in total. The summed E-state index contributed by atoms with van der Waals surface area (Å²) in [5, 5.41) is 9.81. The van der Waals surface area contributed by atoms with Gasteiger partial charge in [0.2, 0.25) is 0 Å². The predicted octanol–water partition coefficient (Wildman–Crippen LogP) is 2.77. The minimum absolute atomic E-state index is 0.152. The highest BCUT2D eigenvalue weighted by Gasteiger charge is 2.16. The maximum Gasteiger partial charge on any atom is 0.172 e. The van der Waals surface area contributed by atoms with Gasteiger partial charge in [-0.2, -0.15) is 0 Å². The van der Waals surface area contributed by atoms with Crippen molar-refractivity contribution in [2.75, 3.05) is 26.8 Å². The molecule has 1 unspecified atom stereocenters. The normalized spacial score (nSPS) is 21.1. The lowest BCUT2D eigenvalue weighted by molar-refractivity contribution is 0.0668. The summed E-state index contributed by atoms with van der Waals surface area (Å²) in [6, 6.07) is 3.82. The summed E-state index contributed by atoms with van der Waals surface area (Å²) in [6.45, 7) is 5.74. The first-order valence-corrected chi connectivity index (χ1v) is 7.28. The van der Waals surface area contributed by atoms with Gasteiger partial charge < -0.3 is 14.6 Å². The third-order valence-electron chi connectivity index (χ3n) is 3.25. The van der Waals surface area contributed by atoms with E-state index in [-0.39, 0.29) is 11.9 Å². The molecule has 0 radical (unpaired) electrons. The molecule has 1 aromatic rings. The van der Waals surface area contributed by atoms with Gasteiger partial charge in [-0.05, 0) is 47.0 Å². The maximum atomic E-state index is 9.81. The Morgan fingerprint density at radius 3 is 3.05 bits per heavy atom. The molecule has 1 aliphatic rings. The molecule has 1 N–H and O–H groups in total. The van der Waals surface area contributed by atoms with Crippen LogP contribution in [-0.4, -0.2) is 42.9 Å². The molecular formula is C14H20BrNO3. The first-order valence-electron chi connectivity index (χ1n) is 6.49. The molecule has 0 aromatic heterocycles. The highest BCUT2D eigenvalue weighted by molar-refractivity contribution is 9.10. The molecule has 0 bridgehead atoms. The number of halogens is 1. The van der Waals surface area contributed by atoms with Gasteiger partial charge in [-0.3, -0.25) is 4.90 Å². The van der Waals surface area contributed by atoms with E-state index in [1.54, 1.807) is 7.11 Å². The summed E-state index contributed by atoms with van der Waals surface area (Å²) < 4.78 is 11.5. The topological polar surface area (TPSA) is 41.9 Å². The zero-order valence-electron chi connectivity index (χ0n) is 11.4. The van der Waals surface area contributed by atoms with Crippen LogP contribution in [0, 0.1) is 0 Å². The van der Waals surface area contributed by atoms with Crippen molar-refractivity contribution in [2.24, 2.45) is 0 Å². The molecular weight excluding hydrogens is 310 g/mol. The monoisotopic (exact) mass is 329 g/mol. The number of hydrogen-bond donors (Lipinski definition) is 1. The Morgan fingerprint density at radius 1 is 1.53 bits per heavy atom. The molecule has 1 aromatic carbocycles. The molecule has 1 fully saturated rings. The summed E-state index contributed by atoms with van der Waals surface area (Å²) in [5.74, 6) is 0.655. The third kappa shape index (κ3) is 3.84. The van der Waals surface area contributed by atoms with Gasteiger partial charge in [0.1, 0.15) is 0 Å². The molecule has 19 heavy (non-hydrogen) atoms. The first-order chi connectivity index (χ1) is 9.10. The zero-order valence-corrected chi connectivity index (χ0v) is 12.9. The number of nitrogens with zero attached hydrogens (tertiary/aromatic N) is 1.